The molecule has 0 unspecified atom stereocenters. The molecule has 0 spiro atoms. The number of nitrogens with zero attached hydrogens (tertiary/aromatic N) is 1. The summed E-state index contributed by atoms with van der Waals surface area (Å²) < 4.78 is 2.01. The van der Waals surface area contributed by atoms with Crippen molar-refractivity contribution in [2.45, 2.75) is 6.54 Å². The predicted molar refractivity (Wildman–Crippen MR) is 55.0 cm³/mol. The minimum Gasteiger partial charge on any atom is -0.334 e. The molecule has 0 bridgehead atoms. The maximum Gasteiger partial charge on any atom is 0.109 e. The number of halogens is 1. The summed E-state index contributed by atoms with van der Waals surface area (Å²) >= 11 is 5.95. The van der Waals surface area contributed by atoms with Crippen molar-refractivity contribution in [3.63, 3.8) is 0 Å². The van der Waals surface area contributed by atoms with Crippen molar-refractivity contribution in [1.29, 1.82) is 0 Å². The first-order chi connectivity index (χ1) is 6.36. The van der Waals surface area contributed by atoms with E-state index in [1.165, 1.54) is 5.56 Å². The zero-order chi connectivity index (χ0) is 9.10. The third-order valence-electron chi connectivity index (χ3n) is 1.97. The van der Waals surface area contributed by atoms with Gasteiger partial charge >= 0.3 is 0 Å². The normalized spacial score (nSPS) is 10.2. The maximum atomic E-state index is 5.95. The van der Waals surface area contributed by atoms with E-state index in [1.54, 1.807) is 0 Å². The Kier molecular flexibility index (Phi) is 2.37. The SMILES string of the molecule is Clc1cccn1Cc1ccccc1. The molecular weight excluding hydrogens is 182 g/mol. The lowest BCUT2D eigenvalue weighted by atomic mass is 10.2. The topological polar surface area (TPSA) is 4.93 Å². The van der Waals surface area contributed by atoms with Gasteiger partial charge in [-0.1, -0.05) is 41.9 Å². The van der Waals surface area contributed by atoms with Gasteiger partial charge in [0.25, 0.3) is 0 Å². The molecule has 13 heavy (non-hydrogen) atoms. The zero-order valence-electron chi connectivity index (χ0n) is 7.15. The van der Waals surface area contributed by atoms with Crippen molar-refractivity contribution in [2.75, 3.05) is 0 Å². The first kappa shape index (κ1) is 8.39. The first-order valence-corrected chi connectivity index (χ1v) is 4.58. The van der Waals surface area contributed by atoms with Crippen LogP contribution in [0.4, 0.5) is 0 Å². The highest BCUT2D eigenvalue weighted by Crippen LogP contribution is 2.11. The van der Waals surface area contributed by atoms with Crippen molar-refractivity contribution >= 4 is 11.6 Å². The lowest BCUT2D eigenvalue weighted by Crippen LogP contribution is -1.96. The van der Waals surface area contributed by atoms with Crippen LogP contribution in [0, 0.1) is 0 Å². The van der Waals surface area contributed by atoms with E-state index in [2.05, 4.69) is 12.1 Å². The molecule has 0 radical (unpaired) electrons. The lowest BCUT2D eigenvalue weighted by Gasteiger charge is -2.03. The summed E-state index contributed by atoms with van der Waals surface area (Å²) in [5, 5.41) is 0.781. The van der Waals surface area contributed by atoms with Crippen LogP contribution in [0.3, 0.4) is 0 Å². The Hall–Kier alpha value is -1.21. The second-order valence-electron chi connectivity index (χ2n) is 2.94. The highest BCUT2D eigenvalue weighted by molar-refractivity contribution is 6.29. The molecule has 0 atom stereocenters. The summed E-state index contributed by atoms with van der Waals surface area (Å²) in [4.78, 5) is 0. The van der Waals surface area contributed by atoms with Gasteiger partial charge in [0.05, 0.1) is 0 Å². The van der Waals surface area contributed by atoms with E-state index in [-0.39, 0.29) is 0 Å². The van der Waals surface area contributed by atoms with E-state index >= 15 is 0 Å². The number of hydrogen-bond acceptors (Lipinski definition) is 0. The van der Waals surface area contributed by atoms with Crippen molar-refractivity contribution in [3.05, 3.63) is 59.4 Å². The Morgan fingerprint density at radius 2 is 1.77 bits per heavy atom. The van der Waals surface area contributed by atoms with Crippen molar-refractivity contribution in [2.24, 2.45) is 0 Å². The molecule has 0 aliphatic heterocycles. The van der Waals surface area contributed by atoms with Gasteiger partial charge in [-0.15, -0.1) is 0 Å². The smallest absolute Gasteiger partial charge is 0.109 e. The monoisotopic (exact) mass is 191 g/mol. The van der Waals surface area contributed by atoms with Gasteiger partial charge in [0.15, 0.2) is 0 Å². The lowest BCUT2D eigenvalue weighted by molar-refractivity contribution is 0.807. The first-order valence-electron chi connectivity index (χ1n) is 4.21. The molecule has 1 heterocycles. The van der Waals surface area contributed by atoms with Crippen molar-refractivity contribution < 1.29 is 0 Å². The van der Waals surface area contributed by atoms with E-state index in [0.717, 1.165) is 11.7 Å². The van der Waals surface area contributed by atoms with Crippen LogP contribution in [0.5, 0.6) is 0 Å². The predicted octanol–water partition coefficient (Wildman–Crippen LogP) is 3.19. The Morgan fingerprint density at radius 1 is 1.00 bits per heavy atom. The Balaban J connectivity index is 2.20. The molecule has 1 nitrogen and oxygen atoms in total. The molecule has 2 aromatic rings. The molecule has 1 aromatic heterocycles. The average molecular weight is 192 g/mol. The van der Waals surface area contributed by atoms with Gasteiger partial charge in [-0.2, -0.15) is 0 Å². The fourth-order valence-corrected chi connectivity index (χ4v) is 1.49. The number of aromatic nitrogens is 1. The van der Waals surface area contributed by atoms with Crippen LogP contribution in [0.1, 0.15) is 5.56 Å². The van der Waals surface area contributed by atoms with Gasteiger partial charge in [0.1, 0.15) is 5.15 Å². The van der Waals surface area contributed by atoms with E-state index < -0.39 is 0 Å². The molecule has 0 aliphatic carbocycles. The van der Waals surface area contributed by atoms with E-state index in [0.29, 0.717) is 0 Å². The van der Waals surface area contributed by atoms with Gasteiger partial charge in [0.2, 0.25) is 0 Å². The van der Waals surface area contributed by atoms with Crippen LogP contribution in [-0.2, 0) is 6.54 Å². The standard InChI is InChI=1S/C11H10ClN/c12-11-7-4-8-13(11)9-10-5-2-1-3-6-10/h1-8H,9H2. The van der Waals surface area contributed by atoms with Crippen LogP contribution in [0.25, 0.3) is 0 Å². The average Bonchev–Trinajstić information content (AvgIpc) is 2.54. The summed E-state index contributed by atoms with van der Waals surface area (Å²) in [6, 6.07) is 14.1. The summed E-state index contributed by atoms with van der Waals surface area (Å²) in [7, 11) is 0. The van der Waals surface area contributed by atoms with Crippen LogP contribution in [-0.4, -0.2) is 4.57 Å². The minimum absolute atomic E-state index is 0.781. The molecule has 66 valence electrons. The molecule has 1 aromatic carbocycles. The molecule has 0 saturated carbocycles. The zero-order valence-corrected chi connectivity index (χ0v) is 7.91. The number of rotatable bonds is 2. The van der Waals surface area contributed by atoms with Gasteiger partial charge in [-0.25, -0.2) is 0 Å². The summed E-state index contributed by atoms with van der Waals surface area (Å²) in [6.07, 6.45) is 1.98. The molecule has 0 fully saturated rings. The Labute approximate surface area is 82.6 Å². The third-order valence-corrected chi connectivity index (χ3v) is 2.31. The largest absolute Gasteiger partial charge is 0.334 e. The molecule has 0 aliphatic rings. The number of benzene rings is 1. The van der Waals surface area contributed by atoms with Crippen LogP contribution in [0.2, 0.25) is 5.15 Å². The highest BCUT2D eigenvalue weighted by Gasteiger charge is 1.97. The third kappa shape index (κ3) is 1.93. The Bertz CT molecular complexity index is 378. The van der Waals surface area contributed by atoms with Crippen LogP contribution in [0.15, 0.2) is 48.7 Å². The van der Waals surface area contributed by atoms with Gasteiger partial charge in [-0.3, -0.25) is 0 Å². The van der Waals surface area contributed by atoms with Crippen molar-refractivity contribution in [1.82, 2.24) is 4.57 Å². The molecule has 2 rings (SSSR count). The summed E-state index contributed by atoms with van der Waals surface area (Å²) in [6.45, 7) is 0.840. The quantitative estimate of drug-likeness (QED) is 0.687. The van der Waals surface area contributed by atoms with Crippen LogP contribution < -0.4 is 0 Å². The summed E-state index contributed by atoms with van der Waals surface area (Å²) in [5.41, 5.74) is 1.26. The minimum atomic E-state index is 0.781. The summed E-state index contributed by atoms with van der Waals surface area (Å²) in [5.74, 6) is 0. The van der Waals surface area contributed by atoms with E-state index in [9.17, 15) is 0 Å². The molecule has 0 saturated heterocycles. The second-order valence-corrected chi connectivity index (χ2v) is 3.33. The van der Waals surface area contributed by atoms with Gasteiger partial charge in [0, 0.05) is 12.7 Å². The van der Waals surface area contributed by atoms with Gasteiger partial charge in [-0.05, 0) is 17.7 Å². The molecule has 2 heteroatoms. The van der Waals surface area contributed by atoms with Crippen molar-refractivity contribution in [3.8, 4) is 0 Å². The molecular formula is C11H10ClN. The second kappa shape index (κ2) is 3.67. The van der Waals surface area contributed by atoms with E-state index in [1.807, 2.05) is 41.1 Å². The van der Waals surface area contributed by atoms with E-state index in [4.69, 9.17) is 11.6 Å². The van der Waals surface area contributed by atoms with Crippen LogP contribution >= 0.6 is 11.6 Å². The number of hydrogen-bond donors (Lipinski definition) is 0. The fourth-order valence-electron chi connectivity index (χ4n) is 1.30. The molecule has 0 amide bonds. The Morgan fingerprint density at radius 3 is 2.38 bits per heavy atom. The maximum absolute atomic E-state index is 5.95. The fraction of sp³-hybridized carbons (Fsp3) is 0.0909. The van der Waals surface area contributed by atoms with Gasteiger partial charge < -0.3 is 4.57 Å². The highest BCUT2D eigenvalue weighted by atomic mass is 35.5. The molecule has 0 N–H and O–H groups in total.